The van der Waals surface area contributed by atoms with E-state index in [1.165, 1.54) is 13.2 Å². The summed E-state index contributed by atoms with van der Waals surface area (Å²) >= 11 is 13.1. The molecule has 0 saturated heterocycles. The van der Waals surface area contributed by atoms with Gasteiger partial charge in [-0.3, -0.25) is 5.10 Å². The summed E-state index contributed by atoms with van der Waals surface area (Å²) in [7, 11) is 4.60. The number of rotatable bonds is 11. The molecular weight excluding hydrogens is 565 g/mol. The van der Waals surface area contributed by atoms with E-state index < -0.39 is 5.97 Å². The fraction of sp³-hybridized carbons (Fsp3) is 0.148. The normalized spacial score (nSPS) is 11.3. The molecule has 0 atom stereocenters. The van der Waals surface area contributed by atoms with Gasteiger partial charge in [-0.2, -0.15) is 0 Å². The Hall–Kier alpha value is -3.86. The Bertz CT molecular complexity index is 1500. The summed E-state index contributed by atoms with van der Waals surface area (Å²) in [5, 5.41) is 18.1. The first-order valence-electron chi connectivity index (χ1n) is 11.3. The Morgan fingerprint density at radius 2 is 1.72 bits per heavy atom. The molecule has 0 aliphatic rings. The Labute approximate surface area is 238 Å². The SMILES string of the molecule is COc1cc(OC)cc(-c2nc(S/C(=C\c3ccc(OCc4ccc(Cl)cc4Cl)c(OC)c3)C(=O)O)n[nH]2)c1. The highest BCUT2D eigenvalue weighted by Gasteiger charge is 2.16. The van der Waals surface area contributed by atoms with E-state index in [1.807, 2.05) is 0 Å². The zero-order valence-corrected chi connectivity index (χ0v) is 23.4. The summed E-state index contributed by atoms with van der Waals surface area (Å²) in [6.07, 6.45) is 1.50. The minimum atomic E-state index is -1.13. The highest BCUT2D eigenvalue weighted by Crippen LogP contribution is 2.34. The van der Waals surface area contributed by atoms with E-state index in [4.69, 9.17) is 42.1 Å². The van der Waals surface area contributed by atoms with Gasteiger partial charge in [-0.25, -0.2) is 9.78 Å². The number of carboxylic acids is 1. The number of thioether (sulfide) groups is 1. The monoisotopic (exact) mass is 587 g/mol. The number of H-pyrrole nitrogens is 1. The van der Waals surface area contributed by atoms with Crippen molar-refractivity contribution in [3.8, 4) is 34.4 Å². The smallest absolute Gasteiger partial charge is 0.342 e. The molecule has 0 amide bonds. The topological polar surface area (TPSA) is 116 Å². The van der Waals surface area contributed by atoms with Crippen LogP contribution in [-0.4, -0.2) is 47.6 Å². The maximum Gasteiger partial charge on any atom is 0.342 e. The third-order valence-corrected chi connectivity index (χ3v) is 6.85. The Morgan fingerprint density at radius 3 is 2.36 bits per heavy atom. The van der Waals surface area contributed by atoms with Crippen LogP contribution in [0.25, 0.3) is 17.5 Å². The summed E-state index contributed by atoms with van der Waals surface area (Å²) < 4.78 is 21.9. The van der Waals surface area contributed by atoms with Crippen LogP contribution in [0.5, 0.6) is 23.0 Å². The molecule has 2 N–H and O–H groups in total. The third kappa shape index (κ3) is 7.17. The van der Waals surface area contributed by atoms with Crippen LogP contribution in [0.4, 0.5) is 0 Å². The van der Waals surface area contributed by atoms with Gasteiger partial charge in [0.05, 0.1) is 21.3 Å². The molecule has 9 nitrogen and oxygen atoms in total. The molecule has 0 radical (unpaired) electrons. The number of halogens is 2. The van der Waals surface area contributed by atoms with E-state index in [2.05, 4.69) is 15.2 Å². The maximum atomic E-state index is 12.0. The lowest BCUT2D eigenvalue weighted by Gasteiger charge is -2.12. The fourth-order valence-electron chi connectivity index (χ4n) is 3.44. The van der Waals surface area contributed by atoms with Gasteiger partial charge in [-0.05, 0) is 59.8 Å². The van der Waals surface area contributed by atoms with Crippen LogP contribution >= 0.6 is 35.0 Å². The molecule has 39 heavy (non-hydrogen) atoms. The second kappa shape index (κ2) is 12.8. The van der Waals surface area contributed by atoms with Crippen LogP contribution < -0.4 is 18.9 Å². The zero-order chi connectivity index (χ0) is 27.9. The van der Waals surface area contributed by atoms with Crippen molar-refractivity contribution >= 4 is 47.0 Å². The fourth-order valence-corrected chi connectivity index (χ4v) is 4.61. The number of hydrogen-bond donors (Lipinski definition) is 2. The van der Waals surface area contributed by atoms with Gasteiger partial charge < -0.3 is 24.1 Å². The van der Waals surface area contributed by atoms with Crippen molar-refractivity contribution in [2.24, 2.45) is 0 Å². The van der Waals surface area contributed by atoms with Crippen molar-refractivity contribution in [1.29, 1.82) is 0 Å². The van der Waals surface area contributed by atoms with Crippen molar-refractivity contribution in [3.05, 3.63) is 80.7 Å². The first kappa shape index (κ1) is 28.2. The van der Waals surface area contributed by atoms with E-state index in [9.17, 15) is 9.90 Å². The molecule has 0 unspecified atom stereocenters. The van der Waals surface area contributed by atoms with Gasteiger partial charge in [-0.1, -0.05) is 35.3 Å². The van der Waals surface area contributed by atoms with E-state index in [-0.39, 0.29) is 16.7 Å². The molecule has 12 heteroatoms. The molecule has 0 spiro atoms. The molecule has 0 aliphatic carbocycles. The van der Waals surface area contributed by atoms with Crippen LogP contribution in [0.2, 0.25) is 10.0 Å². The Morgan fingerprint density at radius 1 is 0.974 bits per heavy atom. The molecule has 4 rings (SSSR count). The lowest BCUT2D eigenvalue weighted by atomic mass is 10.2. The first-order valence-corrected chi connectivity index (χ1v) is 12.9. The number of hydrogen-bond acceptors (Lipinski definition) is 8. The number of benzene rings is 3. The predicted octanol–water partition coefficient (Wildman–Crippen LogP) is 6.60. The molecule has 3 aromatic carbocycles. The van der Waals surface area contributed by atoms with Crippen LogP contribution in [0.3, 0.4) is 0 Å². The molecule has 0 bridgehead atoms. The summed E-state index contributed by atoms with van der Waals surface area (Å²) in [5.74, 6) is 1.36. The molecular formula is C27H23Cl2N3O6S. The first-order chi connectivity index (χ1) is 18.8. The minimum absolute atomic E-state index is 0.00689. The maximum absolute atomic E-state index is 12.0. The van der Waals surface area contributed by atoms with Gasteiger partial charge in [0.15, 0.2) is 17.3 Å². The zero-order valence-electron chi connectivity index (χ0n) is 21.0. The molecule has 4 aromatic rings. The van der Waals surface area contributed by atoms with E-state index in [1.54, 1.807) is 68.8 Å². The number of carboxylic acid groups (broad SMARTS) is 1. The molecule has 1 aromatic heterocycles. The number of nitrogens with zero attached hydrogens (tertiary/aromatic N) is 2. The van der Waals surface area contributed by atoms with Crippen LogP contribution in [0, 0.1) is 0 Å². The van der Waals surface area contributed by atoms with Crippen molar-refractivity contribution in [1.82, 2.24) is 15.2 Å². The van der Waals surface area contributed by atoms with Gasteiger partial charge in [0, 0.05) is 27.2 Å². The van der Waals surface area contributed by atoms with Crippen molar-refractivity contribution in [3.63, 3.8) is 0 Å². The summed E-state index contributed by atoms with van der Waals surface area (Å²) in [4.78, 5) is 16.5. The van der Waals surface area contributed by atoms with E-state index in [0.29, 0.717) is 50.0 Å². The Balaban J connectivity index is 1.53. The number of methoxy groups -OCH3 is 3. The summed E-state index contributed by atoms with van der Waals surface area (Å²) in [6.45, 7) is 0.199. The quantitative estimate of drug-likeness (QED) is 0.148. The number of aromatic nitrogens is 3. The number of ether oxygens (including phenoxy) is 4. The second-order valence-electron chi connectivity index (χ2n) is 7.92. The van der Waals surface area contributed by atoms with E-state index in [0.717, 1.165) is 17.3 Å². The molecule has 0 fully saturated rings. The highest BCUT2D eigenvalue weighted by molar-refractivity contribution is 8.04. The lowest BCUT2D eigenvalue weighted by Crippen LogP contribution is -1.99. The second-order valence-corrected chi connectivity index (χ2v) is 9.77. The van der Waals surface area contributed by atoms with Crippen LogP contribution in [0.15, 0.2) is 64.7 Å². The predicted molar refractivity (Wildman–Crippen MR) is 150 cm³/mol. The molecule has 0 aliphatic heterocycles. The summed E-state index contributed by atoms with van der Waals surface area (Å²) in [5.41, 5.74) is 2.02. The number of carbonyl (C=O) groups is 1. The van der Waals surface area contributed by atoms with Crippen LogP contribution in [-0.2, 0) is 11.4 Å². The molecule has 0 saturated carbocycles. The summed E-state index contributed by atoms with van der Waals surface area (Å²) in [6, 6.07) is 15.5. The largest absolute Gasteiger partial charge is 0.497 e. The van der Waals surface area contributed by atoms with Gasteiger partial charge >= 0.3 is 5.97 Å². The van der Waals surface area contributed by atoms with Gasteiger partial charge in [0.2, 0.25) is 5.16 Å². The number of nitrogens with one attached hydrogen (secondary N) is 1. The standard InChI is InChI=1S/C27H23Cl2N3O6S/c1-35-19-10-17(11-20(13-19)36-2)25-30-27(32-31-25)39-24(26(33)34)9-15-4-7-22(23(8-15)37-3)38-14-16-5-6-18(28)12-21(16)29/h4-13H,14H2,1-3H3,(H,33,34)(H,30,31,32)/b24-9-. The number of aromatic amines is 1. The van der Waals surface area contributed by atoms with Crippen molar-refractivity contribution < 1.29 is 28.8 Å². The number of aliphatic carboxylic acids is 1. The molecule has 202 valence electrons. The van der Waals surface area contributed by atoms with E-state index >= 15 is 0 Å². The Kier molecular flexibility index (Phi) is 9.23. The van der Waals surface area contributed by atoms with Gasteiger partial charge in [-0.15, -0.1) is 5.10 Å². The van der Waals surface area contributed by atoms with Gasteiger partial charge in [0.1, 0.15) is 23.0 Å². The lowest BCUT2D eigenvalue weighted by molar-refractivity contribution is -0.131. The average molecular weight is 588 g/mol. The van der Waals surface area contributed by atoms with Crippen molar-refractivity contribution in [2.45, 2.75) is 11.8 Å². The van der Waals surface area contributed by atoms with Gasteiger partial charge in [0.25, 0.3) is 0 Å². The minimum Gasteiger partial charge on any atom is -0.497 e. The van der Waals surface area contributed by atoms with Crippen molar-refractivity contribution in [2.75, 3.05) is 21.3 Å². The van der Waals surface area contributed by atoms with Crippen LogP contribution in [0.1, 0.15) is 11.1 Å². The molecule has 1 heterocycles. The third-order valence-electron chi connectivity index (χ3n) is 5.39. The highest BCUT2D eigenvalue weighted by atomic mass is 35.5. The average Bonchev–Trinajstić information content (AvgIpc) is 3.41.